The number of hydrogen-bond acceptors (Lipinski definition) is 5. The molecule has 2 heterocycles. The highest BCUT2D eigenvalue weighted by atomic mass is 16.2. The molecule has 0 bridgehead atoms. The molecule has 0 radical (unpaired) electrons. The van der Waals surface area contributed by atoms with E-state index < -0.39 is 0 Å². The summed E-state index contributed by atoms with van der Waals surface area (Å²) in [4.78, 5) is 28.3. The van der Waals surface area contributed by atoms with Gasteiger partial charge in [0.15, 0.2) is 0 Å². The third-order valence-corrected chi connectivity index (χ3v) is 6.77. The summed E-state index contributed by atoms with van der Waals surface area (Å²) in [6.07, 6.45) is 8.63. The quantitative estimate of drug-likeness (QED) is 0.634. The summed E-state index contributed by atoms with van der Waals surface area (Å²) in [5.41, 5.74) is 4.68. The SMILES string of the molecule is CN(C)c1ncc(-c2ccccn2)c(-c2ccc(CNC(=O)C3[C@H]4CCCC[C@H]34)cc2)n1. The molecule has 2 aliphatic rings. The Morgan fingerprint density at radius 3 is 2.44 bits per heavy atom. The van der Waals surface area contributed by atoms with Crippen LogP contribution in [0.2, 0.25) is 0 Å². The van der Waals surface area contributed by atoms with Crippen LogP contribution in [0, 0.1) is 17.8 Å². The van der Waals surface area contributed by atoms with Crippen molar-refractivity contribution in [3.05, 3.63) is 60.4 Å². The van der Waals surface area contributed by atoms with E-state index >= 15 is 0 Å². The van der Waals surface area contributed by atoms with Crippen LogP contribution >= 0.6 is 0 Å². The van der Waals surface area contributed by atoms with Crippen molar-refractivity contribution < 1.29 is 4.79 Å². The second kappa shape index (κ2) is 8.69. The number of nitrogens with one attached hydrogen (secondary N) is 1. The second-order valence-corrected chi connectivity index (χ2v) is 9.09. The zero-order chi connectivity index (χ0) is 22.1. The summed E-state index contributed by atoms with van der Waals surface area (Å²) in [5.74, 6) is 2.42. The molecule has 1 amide bonds. The third kappa shape index (κ3) is 4.09. The first-order valence-corrected chi connectivity index (χ1v) is 11.4. The third-order valence-electron chi connectivity index (χ3n) is 6.77. The van der Waals surface area contributed by atoms with E-state index in [-0.39, 0.29) is 11.8 Å². The van der Waals surface area contributed by atoms with Gasteiger partial charge in [0.2, 0.25) is 11.9 Å². The average Bonchev–Trinajstić information content (AvgIpc) is 3.58. The molecule has 32 heavy (non-hydrogen) atoms. The Morgan fingerprint density at radius 1 is 1.03 bits per heavy atom. The maximum Gasteiger partial charge on any atom is 0.225 e. The smallest absolute Gasteiger partial charge is 0.225 e. The van der Waals surface area contributed by atoms with Crippen molar-refractivity contribution in [3.63, 3.8) is 0 Å². The van der Waals surface area contributed by atoms with E-state index in [1.54, 1.807) is 6.20 Å². The largest absolute Gasteiger partial charge is 0.352 e. The standard InChI is InChI=1S/C26H29N5O/c1-31(2)26-29-16-21(22-9-5-6-14-27-22)24(30-26)18-12-10-17(11-13-18)15-28-25(32)23-19-7-3-4-8-20(19)23/h5-6,9-14,16,19-20,23H,3-4,7-8,15H2,1-2H3,(H,28,32)/t19-,20-/m0/s1. The topological polar surface area (TPSA) is 71.0 Å². The Labute approximate surface area is 189 Å². The van der Waals surface area contributed by atoms with Crippen LogP contribution < -0.4 is 10.2 Å². The maximum atomic E-state index is 12.6. The summed E-state index contributed by atoms with van der Waals surface area (Å²) in [5, 5.41) is 3.16. The molecule has 0 aliphatic heterocycles. The van der Waals surface area contributed by atoms with Crippen LogP contribution in [0.3, 0.4) is 0 Å². The molecule has 2 atom stereocenters. The predicted molar refractivity (Wildman–Crippen MR) is 126 cm³/mol. The highest BCUT2D eigenvalue weighted by Gasteiger charge is 2.54. The van der Waals surface area contributed by atoms with Crippen molar-refractivity contribution in [2.24, 2.45) is 17.8 Å². The van der Waals surface area contributed by atoms with E-state index in [0.29, 0.717) is 24.3 Å². The van der Waals surface area contributed by atoms with E-state index in [1.165, 1.54) is 25.7 Å². The summed E-state index contributed by atoms with van der Waals surface area (Å²) < 4.78 is 0. The number of hydrogen-bond donors (Lipinski definition) is 1. The maximum absolute atomic E-state index is 12.6. The van der Waals surface area contributed by atoms with E-state index in [1.807, 2.05) is 43.4 Å². The Morgan fingerprint density at radius 2 is 1.78 bits per heavy atom. The van der Waals surface area contributed by atoms with Gasteiger partial charge in [0.05, 0.1) is 11.4 Å². The fourth-order valence-electron chi connectivity index (χ4n) is 4.99. The molecule has 6 heteroatoms. The zero-order valence-corrected chi connectivity index (χ0v) is 18.7. The fraction of sp³-hybridized carbons (Fsp3) is 0.385. The van der Waals surface area contributed by atoms with Gasteiger partial charge in [-0.2, -0.15) is 0 Å². The molecule has 164 valence electrons. The van der Waals surface area contributed by atoms with Crippen molar-refractivity contribution in [1.29, 1.82) is 0 Å². The highest BCUT2D eigenvalue weighted by molar-refractivity contribution is 5.82. The lowest BCUT2D eigenvalue weighted by atomic mass is 10.0. The molecule has 2 saturated carbocycles. The Kier molecular flexibility index (Phi) is 5.60. The summed E-state index contributed by atoms with van der Waals surface area (Å²) in [7, 11) is 3.86. The van der Waals surface area contributed by atoms with Gasteiger partial charge in [-0.1, -0.05) is 43.2 Å². The lowest BCUT2D eigenvalue weighted by Crippen LogP contribution is -2.25. The van der Waals surface area contributed by atoms with Crippen molar-refractivity contribution >= 4 is 11.9 Å². The lowest BCUT2D eigenvalue weighted by molar-refractivity contribution is -0.123. The van der Waals surface area contributed by atoms with E-state index in [2.05, 4.69) is 39.6 Å². The number of carbonyl (C=O) groups excluding carboxylic acids is 1. The normalized spacial score (nSPS) is 21.5. The minimum Gasteiger partial charge on any atom is -0.352 e. The van der Waals surface area contributed by atoms with Gasteiger partial charge in [0.1, 0.15) is 0 Å². The summed E-state index contributed by atoms with van der Waals surface area (Å²) in [6, 6.07) is 14.1. The molecule has 1 aromatic carbocycles. The molecule has 0 spiro atoms. The number of pyridine rings is 1. The van der Waals surface area contributed by atoms with Crippen LogP contribution in [0.1, 0.15) is 31.2 Å². The van der Waals surface area contributed by atoms with Crippen LogP contribution in [0.4, 0.5) is 5.95 Å². The number of rotatable bonds is 6. The number of nitrogens with zero attached hydrogens (tertiary/aromatic N) is 4. The second-order valence-electron chi connectivity index (χ2n) is 9.09. The van der Waals surface area contributed by atoms with Crippen molar-refractivity contribution in [1.82, 2.24) is 20.3 Å². The molecule has 0 unspecified atom stereocenters. The van der Waals surface area contributed by atoms with E-state index in [0.717, 1.165) is 28.1 Å². The van der Waals surface area contributed by atoms with Gasteiger partial charge < -0.3 is 10.2 Å². The Balaban J connectivity index is 1.33. The minimum atomic E-state index is 0.231. The van der Waals surface area contributed by atoms with Gasteiger partial charge in [0, 0.05) is 50.1 Å². The molecule has 0 saturated heterocycles. The van der Waals surface area contributed by atoms with Gasteiger partial charge in [-0.15, -0.1) is 0 Å². The van der Waals surface area contributed by atoms with E-state index in [4.69, 9.17) is 4.98 Å². The van der Waals surface area contributed by atoms with E-state index in [9.17, 15) is 4.79 Å². The zero-order valence-electron chi connectivity index (χ0n) is 18.7. The molecular weight excluding hydrogens is 398 g/mol. The van der Waals surface area contributed by atoms with Crippen LogP contribution in [0.25, 0.3) is 22.5 Å². The number of fused-ring (bicyclic) bond motifs is 1. The van der Waals surface area contributed by atoms with Crippen LogP contribution in [0.15, 0.2) is 54.9 Å². The van der Waals surface area contributed by atoms with Gasteiger partial charge in [-0.05, 0) is 42.4 Å². The van der Waals surface area contributed by atoms with Gasteiger partial charge in [-0.25, -0.2) is 9.97 Å². The average molecular weight is 428 g/mol. The molecule has 2 fully saturated rings. The molecule has 2 aromatic heterocycles. The van der Waals surface area contributed by atoms with Gasteiger partial charge in [-0.3, -0.25) is 9.78 Å². The first-order valence-electron chi connectivity index (χ1n) is 11.4. The number of amides is 1. The predicted octanol–water partition coefficient (Wildman–Crippen LogP) is 4.32. The van der Waals surface area contributed by atoms with Crippen LogP contribution in [-0.2, 0) is 11.3 Å². The highest BCUT2D eigenvalue weighted by Crippen LogP contribution is 2.55. The first-order chi connectivity index (χ1) is 15.6. The first kappa shape index (κ1) is 20.6. The van der Waals surface area contributed by atoms with Crippen molar-refractivity contribution in [2.45, 2.75) is 32.2 Å². The number of benzene rings is 1. The molecular formula is C26H29N5O. The molecule has 3 aromatic rings. The number of carbonyl (C=O) groups is 1. The summed E-state index contributed by atoms with van der Waals surface area (Å²) in [6.45, 7) is 0.564. The fourth-order valence-corrected chi connectivity index (χ4v) is 4.99. The van der Waals surface area contributed by atoms with Gasteiger partial charge >= 0.3 is 0 Å². The molecule has 2 aliphatic carbocycles. The monoisotopic (exact) mass is 427 g/mol. The Bertz CT molecular complexity index is 1080. The van der Waals surface area contributed by atoms with Crippen molar-refractivity contribution in [3.8, 4) is 22.5 Å². The van der Waals surface area contributed by atoms with Gasteiger partial charge in [0.25, 0.3) is 0 Å². The number of aromatic nitrogens is 3. The summed E-state index contributed by atoms with van der Waals surface area (Å²) >= 11 is 0. The van der Waals surface area contributed by atoms with Crippen molar-refractivity contribution in [2.75, 3.05) is 19.0 Å². The van der Waals surface area contributed by atoms with Crippen LogP contribution in [0.5, 0.6) is 0 Å². The molecule has 5 rings (SSSR count). The minimum absolute atomic E-state index is 0.231. The van der Waals surface area contributed by atoms with Crippen LogP contribution in [-0.4, -0.2) is 35.0 Å². The molecule has 6 nitrogen and oxygen atoms in total. The number of anilines is 1. The molecule has 1 N–H and O–H groups in total. The lowest BCUT2D eigenvalue weighted by Gasteiger charge is -2.14. The Hall–Kier alpha value is -3.28.